The van der Waals surface area contributed by atoms with E-state index in [0.717, 1.165) is 30.5 Å². The molecule has 0 aliphatic rings. The van der Waals surface area contributed by atoms with Crippen molar-refractivity contribution in [1.29, 1.82) is 0 Å². The van der Waals surface area contributed by atoms with Gasteiger partial charge in [-0.1, -0.05) is 38.3 Å². The normalized spacial score (nSPS) is 11.4. The largest absolute Gasteiger partial charge is 0.299 e. The highest BCUT2D eigenvalue weighted by Gasteiger charge is 2.14. The van der Waals surface area contributed by atoms with Crippen molar-refractivity contribution in [3.63, 3.8) is 0 Å². The smallest absolute Gasteiger partial charge is 0.131 e. The van der Waals surface area contributed by atoms with Crippen molar-refractivity contribution in [2.75, 3.05) is 13.1 Å². The number of aryl methyl sites for hydroxylation is 2. The Kier molecular flexibility index (Phi) is 6.72. The molecule has 104 valence electrons. The average Bonchev–Trinajstić information content (AvgIpc) is 2.58. The summed E-state index contributed by atoms with van der Waals surface area (Å²) in [6, 6.07) is 0. The first kappa shape index (κ1) is 15.5. The highest BCUT2D eigenvalue weighted by molar-refractivity contribution is 6.30. The van der Waals surface area contributed by atoms with Crippen LogP contribution in [0.25, 0.3) is 0 Å². The van der Waals surface area contributed by atoms with Gasteiger partial charge in [0, 0.05) is 19.2 Å². The van der Waals surface area contributed by atoms with Gasteiger partial charge in [0.05, 0.1) is 5.69 Å². The number of hydrogen-bond donors (Lipinski definition) is 0. The summed E-state index contributed by atoms with van der Waals surface area (Å²) in [4.78, 5) is 2.50. The lowest BCUT2D eigenvalue weighted by molar-refractivity contribution is 0.256. The summed E-state index contributed by atoms with van der Waals surface area (Å²) in [5, 5.41) is 5.17. The van der Waals surface area contributed by atoms with E-state index in [1.807, 2.05) is 14.0 Å². The van der Waals surface area contributed by atoms with Crippen molar-refractivity contribution < 1.29 is 0 Å². The zero-order valence-corrected chi connectivity index (χ0v) is 12.9. The highest BCUT2D eigenvalue weighted by atomic mass is 35.5. The summed E-state index contributed by atoms with van der Waals surface area (Å²) in [5.41, 5.74) is 2.24. The van der Waals surface area contributed by atoms with Crippen LogP contribution < -0.4 is 0 Å². The SMILES string of the molecule is CCCCN(CCCC)Cc1c(C)nn(C)c1Cl. The van der Waals surface area contributed by atoms with Crippen molar-refractivity contribution in [3.05, 3.63) is 16.4 Å². The van der Waals surface area contributed by atoms with E-state index >= 15 is 0 Å². The van der Waals surface area contributed by atoms with E-state index in [0.29, 0.717) is 0 Å². The molecule has 0 aliphatic carbocycles. The van der Waals surface area contributed by atoms with Gasteiger partial charge in [-0.05, 0) is 32.9 Å². The molecule has 0 radical (unpaired) electrons. The number of unbranched alkanes of at least 4 members (excludes halogenated alkanes) is 2. The number of hydrogen-bond acceptors (Lipinski definition) is 2. The number of rotatable bonds is 8. The topological polar surface area (TPSA) is 21.1 Å². The summed E-state index contributed by atoms with van der Waals surface area (Å²) in [6.45, 7) is 9.75. The minimum absolute atomic E-state index is 0.783. The van der Waals surface area contributed by atoms with Gasteiger partial charge in [0.2, 0.25) is 0 Å². The Bertz CT molecular complexity index is 352. The van der Waals surface area contributed by atoms with Crippen molar-refractivity contribution in [3.8, 4) is 0 Å². The van der Waals surface area contributed by atoms with Gasteiger partial charge >= 0.3 is 0 Å². The minimum atomic E-state index is 0.783. The second kappa shape index (κ2) is 7.80. The first-order valence-corrected chi connectivity index (χ1v) is 7.38. The Labute approximate surface area is 116 Å². The lowest BCUT2D eigenvalue weighted by atomic mass is 10.2. The molecular weight excluding hydrogens is 246 g/mol. The van der Waals surface area contributed by atoms with E-state index in [4.69, 9.17) is 11.6 Å². The summed E-state index contributed by atoms with van der Waals surface area (Å²) >= 11 is 6.30. The Morgan fingerprint density at radius 2 is 1.72 bits per heavy atom. The minimum Gasteiger partial charge on any atom is -0.299 e. The lowest BCUT2D eigenvalue weighted by Crippen LogP contribution is -2.25. The molecule has 1 rings (SSSR count). The van der Waals surface area contributed by atoms with Crippen LogP contribution in [0, 0.1) is 6.92 Å². The van der Waals surface area contributed by atoms with Crippen molar-refractivity contribution >= 4 is 11.6 Å². The van der Waals surface area contributed by atoms with Crippen molar-refractivity contribution in [1.82, 2.24) is 14.7 Å². The maximum absolute atomic E-state index is 6.30. The third-order valence-corrected chi connectivity index (χ3v) is 3.78. The van der Waals surface area contributed by atoms with E-state index in [1.165, 1.54) is 31.2 Å². The standard InChI is InChI=1S/C14H26ClN3/c1-5-7-9-18(10-8-6-2)11-13-12(3)16-17(4)14(13)15/h5-11H2,1-4H3. The fraction of sp³-hybridized carbons (Fsp3) is 0.786. The first-order valence-electron chi connectivity index (χ1n) is 7.00. The van der Waals surface area contributed by atoms with Crippen LogP contribution in [0.2, 0.25) is 5.15 Å². The molecule has 0 atom stereocenters. The van der Waals surface area contributed by atoms with Crippen LogP contribution >= 0.6 is 11.6 Å². The van der Waals surface area contributed by atoms with Crippen LogP contribution in [0.3, 0.4) is 0 Å². The Balaban J connectivity index is 2.68. The predicted molar refractivity (Wildman–Crippen MR) is 78.0 cm³/mol. The molecule has 18 heavy (non-hydrogen) atoms. The van der Waals surface area contributed by atoms with Gasteiger partial charge in [-0.2, -0.15) is 5.10 Å². The summed E-state index contributed by atoms with van der Waals surface area (Å²) in [6.07, 6.45) is 4.98. The van der Waals surface area contributed by atoms with Crippen molar-refractivity contribution in [2.45, 2.75) is 53.0 Å². The van der Waals surface area contributed by atoms with Gasteiger partial charge in [0.1, 0.15) is 5.15 Å². The monoisotopic (exact) mass is 271 g/mol. The number of halogens is 1. The van der Waals surface area contributed by atoms with E-state index in [-0.39, 0.29) is 0 Å². The lowest BCUT2D eigenvalue weighted by Gasteiger charge is -2.21. The zero-order chi connectivity index (χ0) is 13.5. The maximum Gasteiger partial charge on any atom is 0.131 e. The van der Waals surface area contributed by atoms with Gasteiger partial charge < -0.3 is 0 Å². The third kappa shape index (κ3) is 4.29. The molecule has 4 heteroatoms. The second-order valence-electron chi connectivity index (χ2n) is 4.96. The molecule has 0 N–H and O–H groups in total. The number of aromatic nitrogens is 2. The number of nitrogens with zero attached hydrogens (tertiary/aromatic N) is 3. The van der Waals surface area contributed by atoms with Crippen LogP contribution in [-0.4, -0.2) is 27.8 Å². The first-order chi connectivity index (χ1) is 8.60. The average molecular weight is 272 g/mol. The molecule has 1 aromatic rings. The molecule has 0 saturated heterocycles. The fourth-order valence-corrected chi connectivity index (χ4v) is 2.34. The van der Waals surface area contributed by atoms with Gasteiger partial charge in [-0.25, -0.2) is 0 Å². The van der Waals surface area contributed by atoms with Crippen molar-refractivity contribution in [2.24, 2.45) is 7.05 Å². The summed E-state index contributed by atoms with van der Waals surface area (Å²) in [7, 11) is 1.90. The fourth-order valence-electron chi connectivity index (χ4n) is 2.11. The molecule has 0 aliphatic heterocycles. The van der Waals surface area contributed by atoms with E-state index in [9.17, 15) is 0 Å². The highest BCUT2D eigenvalue weighted by Crippen LogP contribution is 2.20. The summed E-state index contributed by atoms with van der Waals surface area (Å²) < 4.78 is 1.77. The van der Waals surface area contributed by atoms with Crippen LogP contribution in [-0.2, 0) is 13.6 Å². The van der Waals surface area contributed by atoms with E-state index in [1.54, 1.807) is 4.68 Å². The molecule has 0 spiro atoms. The van der Waals surface area contributed by atoms with Gasteiger partial charge in [-0.3, -0.25) is 9.58 Å². The quantitative estimate of drug-likeness (QED) is 0.717. The van der Waals surface area contributed by atoms with Gasteiger partial charge in [0.15, 0.2) is 0 Å². The van der Waals surface area contributed by atoms with Crippen LogP contribution in [0.5, 0.6) is 0 Å². The maximum atomic E-state index is 6.30. The molecule has 0 amide bonds. The Morgan fingerprint density at radius 1 is 1.17 bits per heavy atom. The molecule has 0 unspecified atom stereocenters. The summed E-state index contributed by atoms with van der Waals surface area (Å²) in [5.74, 6) is 0. The van der Waals surface area contributed by atoms with E-state index in [2.05, 4.69) is 23.8 Å². The molecular formula is C14H26ClN3. The molecule has 1 aromatic heterocycles. The molecule has 0 fully saturated rings. The van der Waals surface area contributed by atoms with Crippen LogP contribution in [0.1, 0.15) is 50.8 Å². The Hall–Kier alpha value is -0.540. The Morgan fingerprint density at radius 3 is 2.11 bits per heavy atom. The zero-order valence-electron chi connectivity index (χ0n) is 12.2. The molecule has 0 saturated carbocycles. The predicted octanol–water partition coefficient (Wildman–Crippen LogP) is 3.78. The molecule has 0 bridgehead atoms. The molecule has 3 nitrogen and oxygen atoms in total. The second-order valence-corrected chi connectivity index (χ2v) is 5.32. The van der Waals surface area contributed by atoms with Gasteiger partial charge in [0.25, 0.3) is 0 Å². The van der Waals surface area contributed by atoms with Crippen LogP contribution in [0.15, 0.2) is 0 Å². The molecule has 0 aromatic carbocycles. The third-order valence-electron chi connectivity index (χ3n) is 3.31. The van der Waals surface area contributed by atoms with Gasteiger partial charge in [-0.15, -0.1) is 0 Å². The molecule has 1 heterocycles. The van der Waals surface area contributed by atoms with E-state index < -0.39 is 0 Å². The van der Waals surface area contributed by atoms with Crippen LogP contribution in [0.4, 0.5) is 0 Å².